The van der Waals surface area contributed by atoms with E-state index in [1.165, 1.54) is 12.1 Å². The van der Waals surface area contributed by atoms with E-state index in [2.05, 4.69) is 19.6 Å². The number of sulfone groups is 1. The van der Waals surface area contributed by atoms with Gasteiger partial charge in [0, 0.05) is 13.6 Å². The number of ketones is 1. The van der Waals surface area contributed by atoms with Crippen LogP contribution in [0, 0.1) is 0 Å². The van der Waals surface area contributed by atoms with Crippen LogP contribution in [0.1, 0.15) is 10.4 Å². The van der Waals surface area contributed by atoms with Gasteiger partial charge >= 0.3 is 0 Å². The summed E-state index contributed by atoms with van der Waals surface area (Å²) in [6.45, 7) is 6.62. The molecule has 2 aromatic rings. The van der Waals surface area contributed by atoms with Crippen molar-refractivity contribution in [3.05, 3.63) is 78.4 Å². The third kappa shape index (κ3) is 5.24. The predicted octanol–water partition coefficient (Wildman–Crippen LogP) is 4.61. The van der Waals surface area contributed by atoms with Gasteiger partial charge in [-0.3, -0.25) is 4.79 Å². The van der Waals surface area contributed by atoms with E-state index < -0.39 is 28.9 Å². The number of hydrogen-bond donors (Lipinski definition) is 0. The molecule has 0 saturated carbocycles. The van der Waals surface area contributed by atoms with Crippen LogP contribution >= 0.6 is 0 Å². The zero-order valence-corrected chi connectivity index (χ0v) is 16.7. The Morgan fingerprint density at radius 1 is 0.960 bits per heavy atom. The molecule has 0 spiro atoms. The van der Waals surface area contributed by atoms with Crippen molar-refractivity contribution in [3.63, 3.8) is 0 Å². The fourth-order valence-electron chi connectivity index (χ4n) is 2.40. The summed E-state index contributed by atoms with van der Waals surface area (Å²) in [4.78, 5) is 13.1. The molecule has 0 N–H and O–H groups in total. The minimum atomic E-state index is -3.79. The van der Waals surface area contributed by atoms with E-state index in [1.807, 2.05) is 6.08 Å². The van der Waals surface area contributed by atoms with Gasteiger partial charge in [-0.15, -0.1) is 0 Å². The van der Waals surface area contributed by atoms with Crippen molar-refractivity contribution in [1.29, 1.82) is 0 Å². The highest BCUT2D eigenvalue weighted by Crippen LogP contribution is 2.21. The summed E-state index contributed by atoms with van der Waals surface area (Å²) in [5.41, 5.74) is 0.407. The summed E-state index contributed by atoms with van der Waals surface area (Å²) in [5.74, 6) is -0.392. The molecule has 0 aliphatic carbocycles. The van der Waals surface area contributed by atoms with Crippen molar-refractivity contribution in [2.75, 3.05) is 0 Å². The third-order valence-electron chi connectivity index (χ3n) is 3.76. The molecular weight excluding hydrogens is 348 g/mol. The van der Waals surface area contributed by atoms with Crippen LogP contribution in [0.25, 0.3) is 0 Å². The van der Waals surface area contributed by atoms with Crippen LogP contribution in [-0.4, -0.2) is 27.5 Å². The fraction of sp³-hybridized carbons (Fsp3) is 0.250. The average molecular weight is 373 g/mol. The summed E-state index contributed by atoms with van der Waals surface area (Å²) in [5, 5.41) is -1.20. The zero-order chi connectivity index (χ0) is 18.5. The van der Waals surface area contributed by atoms with Crippen LogP contribution in [-0.2, 0) is 9.84 Å². The second-order valence-electron chi connectivity index (χ2n) is 7.20. The zero-order valence-electron chi connectivity index (χ0n) is 14.8. The number of benzene rings is 2. The maximum atomic E-state index is 13.0. The van der Waals surface area contributed by atoms with Crippen molar-refractivity contribution in [2.24, 2.45) is 0 Å². The highest BCUT2D eigenvalue weighted by molar-refractivity contribution is 7.93. The average Bonchev–Trinajstić information content (AvgIpc) is 2.58. The van der Waals surface area contributed by atoms with Crippen LogP contribution in [0.3, 0.4) is 0 Å². The maximum Gasteiger partial charge on any atom is 0.192 e. The number of hydrogen-bond acceptors (Lipinski definition) is 3. The van der Waals surface area contributed by atoms with E-state index in [1.54, 1.807) is 54.6 Å². The van der Waals surface area contributed by atoms with Crippen molar-refractivity contribution < 1.29 is 13.2 Å². The predicted molar refractivity (Wildman–Crippen MR) is 105 cm³/mol. The van der Waals surface area contributed by atoms with E-state index in [-0.39, 0.29) is 4.90 Å². The molecule has 2 rings (SSSR count). The van der Waals surface area contributed by atoms with E-state index in [4.69, 9.17) is 0 Å². The normalized spacial score (nSPS) is 13.7. The van der Waals surface area contributed by atoms with Gasteiger partial charge < -0.3 is 0 Å². The second kappa shape index (κ2) is 7.93. The van der Waals surface area contributed by atoms with Gasteiger partial charge in [0.1, 0.15) is 5.25 Å². The molecule has 0 aromatic heterocycles. The Kier molecular flexibility index (Phi) is 6.14. The van der Waals surface area contributed by atoms with Crippen molar-refractivity contribution >= 4 is 23.7 Å². The molecule has 0 bridgehead atoms. The molecular formula is C20H24O3SSi. The van der Waals surface area contributed by atoms with Gasteiger partial charge in [0.05, 0.1) is 4.90 Å². The monoisotopic (exact) mass is 372 g/mol. The van der Waals surface area contributed by atoms with Crippen LogP contribution in [0.5, 0.6) is 0 Å². The lowest BCUT2D eigenvalue weighted by Gasteiger charge is -2.15. The SMILES string of the molecule is C[Si](C)(C)C/C=C/C(C(=O)c1ccccc1)S(=O)(=O)c1ccccc1. The molecule has 0 radical (unpaired) electrons. The maximum absolute atomic E-state index is 13.0. The molecule has 0 aliphatic rings. The van der Waals surface area contributed by atoms with Gasteiger partial charge in [-0.05, 0) is 18.2 Å². The van der Waals surface area contributed by atoms with E-state index in [0.29, 0.717) is 5.56 Å². The summed E-state index contributed by atoms with van der Waals surface area (Å²) in [6, 6.07) is 17.6. The standard InChI is InChI=1S/C20H24O3SSi/c1-25(2,3)16-10-15-19(20(21)17-11-6-4-7-12-17)24(22,23)18-13-8-5-9-14-18/h4-15,19H,16H2,1-3H3/b15-10+. The Labute approximate surface area is 151 Å². The topological polar surface area (TPSA) is 51.2 Å². The van der Waals surface area contributed by atoms with E-state index in [0.717, 1.165) is 6.04 Å². The Morgan fingerprint density at radius 3 is 2.00 bits per heavy atom. The molecule has 25 heavy (non-hydrogen) atoms. The van der Waals surface area contributed by atoms with Crippen LogP contribution < -0.4 is 0 Å². The molecule has 2 aromatic carbocycles. The summed E-state index contributed by atoms with van der Waals surface area (Å²) in [7, 11) is -5.16. The molecule has 3 nitrogen and oxygen atoms in total. The lowest BCUT2D eigenvalue weighted by atomic mass is 10.1. The first-order valence-electron chi connectivity index (χ1n) is 8.27. The number of rotatable bonds is 7. The molecule has 1 unspecified atom stereocenters. The Bertz CT molecular complexity index is 836. The summed E-state index contributed by atoms with van der Waals surface area (Å²) < 4.78 is 26.1. The first kappa shape index (κ1) is 19.3. The van der Waals surface area contributed by atoms with Gasteiger partial charge in [0.25, 0.3) is 0 Å². The third-order valence-corrected chi connectivity index (χ3v) is 7.19. The van der Waals surface area contributed by atoms with Gasteiger partial charge in [0.2, 0.25) is 0 Å². The molecule has 0 saturated heterocycles. The van der Waals surface area contributed by atoms with Gasteiger partial charge in [-0.2, -0.15) is 0 Å². The fourth-order valence-corrected chi connectivity index (χ4v) is 4.81. The number of carbonyl (C=O) groups excluding carboxylic acids is 1. The van der Waals surface area contributed by atoms with Crippen molar-refractivity contribution in [2.45, 2.75) is 35.8 Å². The largest absolute Gasteiger partial charge is 0.292 e. The lowest BCUT2D eigenvalue weighted by Crippen LogP contribution is -2.29. The number of Topliss-reactive ketones (excluding diaryl/α,β-unsaturated/α-hetero) is 1. The summed E-state index contributed by atoms with van der Waals surface area (Å²) >= 11 is 0. The Hall–Kier alpha value is -1.98. The minimum absolute atomic E-state index is 0.168. The highest BCUT2D eigenvalue weighted by Gasteiger charge is 2.32. The second-order valence-corrected chi connectivity index (χ2v) is 14.8. The molecule has 1 atom stereocenters. The Balaban J connectivity index is 2.44. The van der Waals surface area contributed by atoms with Gasteiger partial charge in [-0.1, -0.05) is 80.3 Å². The highest BCUT2D eigenvalue weighted by atomic mass is 32.2. The molecule has 0 heterocycles. The molecule has 5 heteroatoms. The molecule has 0 fully saturated rings. The van der Waals surface area contributed by atoms with Crippen LogP contribution in [0.4, 0.5) is 0 Å². The van der Waals surface area contributed by atoms with Gasteiger partial charge in [0.15, 0.2) is 15.6 Å². The van der Waals surface area contributed by atoms with Gasteiger partial charge in [-0.25, -0.2) is 8.42 Å². The molecule has 0 aliphatic heterocycles. The van der Waals surface area contributed by atoms with E-state index >= 15 is 0 Å². The van der Waals surface area contributed by atoms with Crippen molar-refractivity contribution in [1.82, 2.24) is 0 Å². The molecule has 132 valence electrons. The lowest BCUT2D eigenvalue weighted by molar-refractivity contribution is 0.0998. The first-order chi connectivity index (χ1) is 11.7. The van der Waals surface area contributed by atoms with E-state index in [9.17, 15) is 13.2 Å². The first-order valence-corrected chi connectivity index (χ1v) is 13.5. The van der Waals surface area contributed by atoms with Crippen molar-refractivity contribution in [3.8, 4) is 0 Å². The van der Waals surface area contributed by atoms with Crippen LogP contribution in [0.15, 0.2) is 77.7 Å². The molecule has 0 amide bonds. The Morgan fingerprint density at radius 2 is 1.48 bits per heavy atom. The minimum Gasteiger partial charge on any atom is -0.292 e. The van der Waals surface area contributed by atoms with Crippen LogP contribution in [0.2, 0.25) is 25.7 Å². The number of allylic oxidation sites excluding steroid dienone is 1. The number of carbonyl (C=O) groups is 1. The quantitative estimate of drug-likeness (QED) is 0.405. The smallest absolute Gasteiger partial charge is 0.192 e. The summed E-state index contributed by atoms with van der Waals surface area (Å²) in [6.07, 6.45) is 3.42.